The van der Waals surface area contributed by atoms with Crippen molar-refractivity contribution in [3.63, 3.8) is 0 Å². The zero-order chi connectivity index (χ0) is 31.1. The maximum atomic E-state index is 15.0. The Morgan fingerprint density at radius 3 is 1.40 bits per heavy atom. The number of halogens is 2. The highest BCUT2D eigenvalue weighted by Crippen LogP contribution is 2.33. The van der Waals surface area contributed by atoms with E-state index in [0.717, 1.165) is 12.4 Å². The van der Waals surface area contributed by atoms with Gasteiger partial charge in [0.15, 0.2) is 11.7 Å². The lowest BCUT2D eigenvalue weighted by Crippen LogP contribution is -2.59. The van der Waals surface area contributed by atoms with E-state index >= 15 is 4.39 Å². The fraction of sp³-hybridized carbons (Fsp3) is 0.562. The standard InChI is InChI=1S/C32H42F2N4O4/c1-29(2)13-22(14-30(3,4)37-29)41-27(39)20-11-9-19(10-12-20)24(33)25(34)26-35-17-21(18-36-26)28(40)42-23-15-31(5,6)38-32(7,8)16-23/h9-12,17-18,22-23,37-38H,13-16H2,1-8H3/b25-24+. The molecule has 2 N–H and O–H groups in total. The van der Waals surface area contributed by atoms with E-state index in [-0.39, 0.29) is 51.1 Å². The van der Waals surface area contributed by atoms with Crippen LogP contribution in [0.25, 0.3) is 11.7 Å². The molecule has 0 radical (unpaired) electrons. The lowest BCUT2D eigenvalue weighted by molar-refractivity contribution is -0.00770. The first kappa shape index (κ1) is 31.7. The number of carbonyl (C=O) groups is 2. The predicted octanol–water partition coefficient (Wildman–Crippen LogP) is 6.17. The number of hydrogen-bond donors (Lipinski definition) is 2. The number of ether oxygens (including phenoxy) is 2. The summed E-state index contributed by atoms with van der Waals surface area (Å²) in [6.45, 7) is 16.4. The lowest BCUT2D eigenvalue weighted by atomic mass is 9.81. The van der Waals surface area contributed by atoms with E-state index in [4.69, 9.17) is 9.47 Å². The summed E-state index contributed by atoms with van der Waals surface area (Å²) in [6, 6.07) is 5.39. The van der Waals surface area contributed by atoms with Gasteiger partial charge in [0, 0.05) is 65.8 Å². The Hall–Kier alpha value is -3.24. The van der Waals surface area contributed by atoms with Gasteiger partial charge in [-0.3, -0.25) is 0 Å². The largest absolute Gasteiger partial charge is 0.459 e. The first-order valence-electron chi connectivity index (χ1n) is 14.3. The van der Waals surface area contributed by atoms with Crippen LogP contribution in [0.3, 0.4) is 0 Å². The van der Waals surface area contributed by atoms with Crippen molar-refractivity contribution < 1.29 is 27.8 Å². The molecule has 10 heteroatoms. The van der Waals surface area contributed by atoms with Gasteiger partial charge in [0.05, 0.1) is 11.1 Å². The summed E-state index contributed by atoms with van der Waals surface area (Å²) >= 11 is 0. The molecule has 2 saturated heterocycles. The van der Waals surface area contributed by atoms with Crippen LogP contribution in [0.5, 0.6) is 0 Å². The van der Waals surface area contributed by atoms with Crippen molar-refractivity contribution in [2.45, 2.75) is 115 Å². The quantitative estimate of drug-likeness (QED) is 0.389. The van der Waals surface area contributed by atoms with Crippen molar-refractivity contribution in [2.75, 3.05) is 0 Å². The predicted molar refractivity (Wildman–Crippen MR) is 157 cm³/mol. The van der Waals surface area contributed by atoms with Crippen molar-refractivity contribution in [3.8, 4) is 0 Å². The second-order valence-electron chi connectivity index (χ2n) is 14.2. The first-order valence-corrected chi connectivity index (χ1v) is 14.3. The van der Waals surface area contributed by atoms with Crippen LogP contribution in [-0.2, 0) is 9.47 Å². The average Bonchev–Trinajstić information content (AvgIpc) is 2.84. The molecule has 8 nitrogen and oxygen atoms in total. The maximum Gasteiger partial charge on any atom is 0.341 e. The molecule has 228 valence electrons. The molecule has 2 aliphatic rings. The average molecular weight is 585 g/mol. The number of esters is 2. The van der Waals surface area contributed by atoms with Crippen molar-refractivity contribution in [1.82, 2.24) is 20.6 Å². The van der Waals surface area contributed by atoms with Gasteiger partial charge in [0.2, 0.25) is 5.83 Å². The summed E-state index contributed by atoms with van der Waals surface area (Å²) in [7, 11) is 0. The fourth-order valence-corrected chi connectivity index (χ4v) is 6.59. The number of nitrogens with one attached hydrogen (secondary N) is 2. The van der Waals surface area contributed by atoms with E-state index in [1.165, 1.54) is 24.3 Å². The molecule has 0 amide bonds. The molecule has 1 aromatic carbocycles. The Bertz CT molecular complexity index is 1220. The summed E-state index contributed by atoms with van der Waals surface area (Å²) in [6.07, 6.45) is 4.25. The summed E-state index contributed by atoms with van der Waals surface area (Å²) < 4.78 is 41.4. The molecule has 0 spiro atoms. The third-order valence-electron chi connectivity index (χ3n) is 7.50. The number of piperidine rings is 2. The molecule has 2 aromatic rings. The Balaban J connectivity index is 1.40. The summed E-state index contributed by atoms with van der Waals surface area (Å²) in [5.41, 5.74) is -0.604. The molecule has 0 aliphatic carbocycles. The van der Waals surface area contributed by atoms with Gasteiger partial charge in [-0.25, -0.2) is 23.9 Å². The molecule has 0 bridgehead atoms. The third kappa shape index (κ3) is 7.98. The number of hydrogen-bond acceptors (Lipinski definition) is 8. The Morgan fingerprint density at radius 1 is 0.643 bits per heavy atom. The first-order chi connectivity index (χ1) is 19.3. The molecule has 1 aromatic heterocycles. The summed E-state index contributed by atoms with van der Waals surface area (Å²) in [5, 5.41) is 7.07. The minimum Gasteiger partial charge on any atom is -0.459 e. The molecule has 0 unspecified atom stereocenters. The smallest absolute Gasteiger partial charge is 0.341 e. The highest BCUT2D eigenvalue weighted by Gasteiger charge is 2.40. The Kier molecular flexibility index (Phi) is 8.64. The van der Waals surface area contributed by atoms with Gasteiger partial charge in [-0.1, -0.05) is 12.1 Å². The van der Waals surface area contributed by atoms with Gasteiger partial charge in [-0.05, 0) is 67.5 Å². The number of aromatic nitrogens is 2. The fourth-order valence-electron chi connectivity index (χ4n) is 6.59. The van der Waals surface area contributed by atoms with Crippen LogP contribution in [0.15, 0.2) is 36.7 Å². The topological polar surface area (TPSA) is 102 Å². The molecular formula is C32H42F2N4O4. The molecule has 2 aliphatic heterocycles. The van der Waals surface area contributed by atoms with E-state index in [9.17, 15) is 14.0 Å². The van der Waals surface area contributed by atoms with Crippen molar-refractivity contribution in [2.24, 2.45) is 0 Å². The van der Waals surface area contributed by atoms with Crippen molar-refractivity contribution >= 4 is 23.6 Å². The van der Waals surface area contributed by atoms with Crippen LogP contribution >= 0.6 is 0 Å². The minimum atomic E-state index is -1.29. The van der Waals surface area contributed by atoms with Gasteiger partial charge < -0.3 is 20.1 Å². The molecule has 3 heterocycles. The zero-order valence-corrected chi connectivity index (χ0v) is 25.7. The van der Waals surface area contributed by atoms with E-state index in [1.807, 2.05) is 27.7 Å². The van der Waals surface area contributed by atoms with Crippen LogP contribution in [0, 0.1) is 0 Å². The monoisotopic (exact) mass is 584 g/mol. The Morgan fingerprint density at radius 2 is 1.00 bits per heavy atom. The lowest BCUT2D eigenvalue weighted by Gasteiger charge is -2.45. The molecule has 0 atom stereocenters. The number of nitrogens with zero attached hydrogens (tertiary/aromatic N) is 2. The third-order valence-corrected chi connectivity index (χ3v) is 7.50. The van der Waals surface area contributed by atoms with Gasteiger partial charge in [-0.2, -0.15) is 4.39 Å². The molecule has 2 fully saturated rings. The second kappa shape index (κ2) is 11.4. The number of carbonyl (C=O) groups excluding carboxylic acids is 2. The highest BCUT2D eigenvalue weighted by atomic mass is 19.2. The van der Waals surface area contributed by atoms with E-state index in [2.05, 4.69) is 48.3 Å². The highest BCUT2D eigenvalue weighted by molar-refractivity contribution is 5.91. The molecule has 0 saturated carbocycles. The van der Waals surface area contributed by atoms with Crippen LogP contribution in [0.4, 0.5) is 8.78 Å². The SMILES string of the molecule is CC1(C)CC(OC(=O)c2ccc(/C(F)=C(\F)c3ncc(C(=O)OC4CC(C)(C)NC(C)(C)C4)cn3)cc2)CC(C)(C)N1. The molecule has 4 rings (SSSR count). The van der Waals surface area contributed by atoms with E-state index < -0.39 is 29.4 Å². The van der Waals surface area contributed by atoms with E-state index in [0.29, 0.717) is 25.7 Å². The maximum absolute atomic E-state index is 15.0. The van der Waals surface area contributed by atoms with Crippen molar-refractivity contribution in [1.29, 1.82) is 0 Å². The normalized spacial score (nSPS) is 22.1. The van der Waals surface area contributed by atoms with Crippen molar-refractivity contribution in [3.05, 3.63) is 59.2 Å². The summed E-state index contributed by atoms with van der Waals surface area (Å²) in [4.78, 5) is 33.2. The minimum absolute atomic E-state index is 0.0458. The Labute approximate surface area is 246 Å². The van der Waals surface area contributed by atoms with Gasteiger partial charge >= 0.3 is 11.9 Å². The molecular weight excluding hydrogens is 542 g/mol. The second-order valence-corrected chi connectivity index (χ2v) is 14.2. The van der Waals surface area contributed by atoms with E-state index in [1.54, 1.807) is 0 Å². The van der Waals surface area contributed by atoms with Crippen LogP contribution in [0.2, 0.25) is 0 Å². The number of rotatable bonds is 6. The number of benzene rings is 1. The zero-order valence-electron chi connectivity index (χ0n) is 25.7. The van der Waals surface area contributed by atoms with Gasteiger partial charge in [0.1, 0.15) is 12.2 Å². The van der Waals surface area contributed by atoms with Crippen LogP contribution < -0.4 is 10.6 Å². The van der Waals surface area contributed by atoms with Crippen LogP contribution in [-0.4, -0.2) is 56.3 Å². The molecule has 42 heavy (non-hydrogen) atoms. The van der Waals surface area contributed by atoms with Crippen LogP contribution in [0.1, 0.15) is 113 Å². The van der Waals surface area contributed by atoms with Gasteiger partial charge in [-0.15, -0.1) is 0 Å². The van der Waals surface area contributed by atoms with Gasteiger partial charge in [0.25, 0.3) is 0 Å². The summed E-state index contributed by atoms with van der Waals surface area (Å²) in [5.74, 6) is -4.12.